The number of nitrogens with two attached hydrogens (primary N) is 1. The third kappa shape index (κ3) is 2.50. The molecule has 4 heterocycles. The summed E-state index contributed by atoms with van der Waals surface area (Å²) in [5.74, 6) is 0.513. The minimum absolute atomic E-state index is 0.513. The van der Waals surface area contributed by atoms with Crippen molar-refractivity contribution in [1.29, 1.82) is 0 Å². The Bertz CT molecular complexity index is 835. The SMILES string of the molecule is Nc1cc(N2CCN(C=O)CC2)c2sc(-c3ccn[nH]3)cc2n1. The Morgan fingerprint density at radius 2 is 2.09 bits per heavy atom. The highest BCUT2D eigenvalue weighted by molar-refractivity contribution is 7.22. The van der Waals surface area contributed by atoms with E-state index in [9.17, 15) is 4.79 Å². The monoisotopic (exact) mass is 328 g/mol. The number of anilines is 2. The van der Waals surface area contributed by atoms with E-state index in [-0.39, 0.29) is 0 Å². The molecule has 3 N–H and O–H groups in total. The van der Waals surface area contributed by atoms with E-state index < -0.39 is 0 Å². The van der Waals surface area contributed by atoms with Gasteiger partial charge in [0.2, 0.25) is 6.41 Å². The Morgan fingerprint density at radius 3 is 2.78 bits per heavy atom. The van der Waals surface area contributed by atoms with Crippen molar-refractivity contribution < 1.29 is 4.79 Å². The van der Waals surface area contributed by atoms with Crippen LogP contribution in [0.1, 0.15) is 0 Å². The lowest BCUT2D eigenvalue weighted by molar-refractivity contribution is -0.118. The molecule has 1 saturated heterocycles. The molecule has 0 spiro atoms. The topological polar surface area (TPSA) is 91.1 Å². The average Bonchev–Trinajstić information content (AvgIpc) is 3.23. The van der Waals surface area contributed by atoms with E-state index in [0.29, 0.717) is 5.82 Å². The number of rotatable bonds is 3. The minimum Gasteiger partial charge on any atom is -0.384 e. The van der Waals surface area contributed by atoms with Crippen molar-refractivity contribution in [3.8, 4) is 10.6 Å². The smallest absolute Gasteiger partial charge is 0.209 e. The number of hydrogen-bond acceptors (Lipinski definition) is 6. The second-order valence-electron chi connectivity index (χ2n) is 5.49. The fourth-order valence-corrected chi connectivity index (χ4v) is 3.97. The van der Waals surface area contributed by atoms with Crippen LogP contribution in [-0.4, -0.2) is 52.7 Å². The largest absolute Gasteiger partial charge is 0.384 e. The Morgan fingerprint density at radius 1 is 1.26 bits per heavy atom. The standard InChI is InChI=1S/C15H16N6OS/c16-14-8-12(21-5-3-20(9-22)4-6-21)15-11(18-14)7-13(23-15)10-1-2-17-19-10/h1-2,7-9H,3-6H2,(H2,16,18)(H,17,19). The third-order valence-corrected chi connectivity index (χ3v) is 5.23. The van der Waals surface area contributed by atoms with E-state index in [2.05, 4.69) is 20.1 Å². The van der Waals surface area contributed by atoms with Crippen LogP contribution >= 0.6 is 11.3 Å². The average molecular weight is 328 g/mol. The zero-order chi connectivity index (χ0) is 15.8. The molecular formula is C15H16N6OS. The number of pyridine rings is 1. The molecule has 118 valence electrons. The summed E-state index contributed by atoms with van der Waals surface area (Å²) in [5, 5.41) is 6.99. The van der Waals surface area contributed by atoms with Crippen molar-refractivity contribution in [2.24, 2.45) is 0 Å². The number of H-pyrrole nitrogens is 1. The van der Waals surface area contributed by atoms with Gasteiger partial charge < -0.3 is 15.5 Å². The summed E-state index contributed by atoms with van der Waals surface area (Å²) in [6, 6.07) is 5.90. The molecule has 7 nitrogen and oxygen atoms in total. The Balaban J connectivity index is 1.75. The summed E-state index contributed by atoms with van der Waals surface area (Å²) in [6.45, 7) is 3.06. The lowest BCUT2D eigenvalue weighted by Gasteiger charge is -2.34. The van der Waals surface area contributed by atoms with Gasteiger partial charge in [0.05, 0.1) is 26.5 Å². The van der Waals surface area contributed by atoms with Crippen LogP contribution in [0.3, 0.4) is 0 Å². The van der Waals surface area contributed by atoms with E-state index in [0.717, 1.165) is 59.1 Å². The first kappa shape index (κ1) is 14.0. The van der Waals surface area contributed by atoms with Crippen LogP contribution < -0.4 is 10.6 Å². The van der Waals surface area contributed by atoms with Crippen molar-refractivity contribution >= 4 is 39.5 Å². The molecule has 8 heteroatoms. The fourth-order valence-electron chi connectivity index (χ4n) is 2.85. The van der Waals surface area contributed by atoms with Crippen LogP contribution in [0.5, 0.6) is 0 Å². The number of nitrogen functional groups attached to an aromatic ring is 1. The van der Waals surface area contributed by atoms with Gasteiger partial charge in [-0.1, -0.05) is 0 Å². The van der Waals surface area contributed by atoms with Gasteiger partial charge >= 0.3 is 0 Å². The van der Waals surface area contributed by atoms with E-state index in [1.54, 1.807) is 22.4 Å². The van der Waals surface area contributed by atoms with Crippen molar-refractivity contribution in [1.82, 2.24) is 20.1 Å². The Kier molecular flexibility index (Phi) is 3.38. The van der Waals surface area contributed by atoms with Gasteiger partial charge in [-0.15, -0.1) is 11.3 Å². The number of nitrogens with one attached hydrogen (secondary N) is 1. The zero-order valence-electron chi connectivity index (χ0n) is 12.4. The molecule has 1 aliphatic heterocycles. The maximum Gasteiger partial charge on any atom is 0.209 e. The van der Waals surface area contributed by atoms with Gasteiger partial charge in [0.15, 0.2) is 0 Å². The molecule has 0 aliphatic carbocycles. The number of thiophene rings is 1. The fraction of sp³-hybridized carbons (Fsp3) is 0.267. The van der Waals surface area contributed by atoms with Crippen LogP contribution in [0.4, 0.5) is 11.5 Å². The van der Waals surface area contributed by atoms with Crippen LogP contribution in [0, 0.1) is 0 Å². The molecule has 0 atom stereocenters. The molecule has 3 aromatic rings. The molecule has 0 unspecified atom stereocenters. The van der Waals surface area contributed by atoms with Crippen molar-refractivity contribution in [2.45, 2.75) is 0 Å². The highest BCUT2D eigenvalue weighted by atomic mass is 32.1. The summed E-state index contributed by atoms with van der Waals surface area (Å²) in [7, 11) is 0. The van der Waals surface area contributed by atoms with Gasteiger partial charge in [-0.05, 0) is 12.1 Å². The lowest BCUT2D eigenvalue weighted by Crippen LogP contribution is -2.45. The van der Waals surface area contributed by atoms with Gasteiger partial charge in [0, 0.05) is 38.4 Å². The quantitative estimate of drug-likeness (QED) is 0.712. The van der Waals surface area contributed by atoms with E-state index in [1.165, 1.54) is 0 Å². The lowest BCUT2D eigenvalue weighted by atomic mass is 10.2. The van der Waals surface area contributed by atoms with Crippen molar-refractivity contribution in [3.63, 3.8) is 0 Å². The molecule has 1 fully saturated rings. The molecule has 3 aromatic heterocycles. The number of nitrogens with zero attached hydrogens (tertiary/aromatic N) is 4. The molecule has 4 rings (SSSR count). The van der Waals surface area contributed by atoms with Crippen molar-refractivity contribution in [2.75, 3.05) is 36.8 Å². The molecule has 0 saturated carbocycles. The first-order valence-electron chi connectivity index (χ1n) is 7.39. The predicted octanol–water partition coefficient (Wildman–Crippen LogP) is 1.55. The first-order valence-corrected chi connectivity index (χ1v) is 8.20. The molecule has 0 bridgehead atoms. The molecule has 23 heavy (non-hydrogen) atoms. The second kappa shape index (κ2) is 5.54. The van der Waals surface area contributed by atoms with Crippen LogP contribution in [0.25, 0.3) is 20.8 Å². The zero-order valence-corrected chi connectivity index (χ0v) is 13.2. The van der Waals surface area contributed by atoms with Gasteiger partial charge in [0.1, 0.15) is 5.82 Å². The van der Waals surface area contributed by atoms with Gasteiger partial charge in [-0.3, -0.25) is 9.89 Å². The Labute approximate surface area is 136 Å². The number of amides is 1. The predicted molar refractivity (Wildman–Crippen MR) is 91.5 cm³/mol. The summed E-state index contributed by atoms with van der Waals surface area (Å²) in [6.07, 6.45) is 2.65. The Hall–Kier alpha value is -2.61. The third-order valence-electron chi connectivity index (χ3n) is 4.05. The van der Waals surface area contributed by atoms with Crippen molar-refractivity contribution in [3.05, 3.63) is 24.4 Å². The van der Waals surface area contributed by atoms with Crippen LogP contribution in [0.15, 0.2) is 24.4 Å². The van der Waals surface area contributed by atoms with Gasteiger partial charge in [0.25, 0.3) is 0 Å². The number of carbonyl (C=O) groups excluding carboxylic acids is 1. The maximum absolute atomic E-state index is 10.9. The summed E-state index contributed by atoms with van der Waals surface area (Å²) < 4.78 is 1.11. The number of aromatic amines is 1. The molecule has 1 aliphatic rings. The maximum atomic E-state index is 10.9. The molecule has 0 radical (unpaired) electrons. The number of hydrogen-bond donors (Lipinski definition) is 2. The van der Waals surface area contributed by atoms with Crippen LogP contribution in [0.2, 0.25) is 0 Å². The minimum atomic E-state index is 0.513. The van der Waals surface area contributed by atoms with Crippen LogP contribution in [-0.2, 0) is 4.79 Å². The van der Waals surface area contributed by atoms with E-state index >= 15 is 0 Å². The molecule has 0 aromatic carbocycles. The number of fused-ring (bicyclic) bond motifs is 1. The van der Waals surface area contributed by atoms with E-state index in [1.807, 2.05) is 18.2 Å². The number of aromatic nitrogens is 3. The first-order chi connectivity index (χ1) is 11.2. The summed E-state index contributed by atoms with van der Waals surface area (Å²) in [5.41, 5.74) is 8.96. The number of carbonyl (C=O) groups is 1. The summed E-state index contributed by atoms with van der Waals surface area (Å²) in [4.78, 5) is 20.5. The normalized spacial score (nSPS) is 15.3. The highest BCUT2D eigenvalue weighted by Gasteiger charge is 2.20. The molecule has 1 amide bonds. The highest BCUT2D eigenvalue weighted by Crippen LogP contribution is 2.38. The molecular weight excluding hydrogens is 312 g/mol. The second-order valence-corrected chi connectivity index (χ2v) is 6.54. The van der Waals surface area contributed by atoms with E-state index in [4.69, 9.17) is 5.73 Å². The van der Waals surface area contributed by atoms with Gasteiger partial charge in [-0.25, -0.2) is 4.98 Å². The number of piperazine rings is 1. The summed E-state index contributed by atoms with van der Waals surface area (Å²) >= 11 is 1.68. The van der Waals surface area contributed by atoms with Gasteiger partial charge in [-0.2, -0.15) is 5.10 Å².